The molecule has 0 fully saturated rings. The van der Waals surface area contributed by atoms with E-state index in [-0.39, 0.29) is 22.8 Å². The standard InChI is InChI=1S/C18H26N2O3/c1-4-12(5-2)11-20(6-3)18(23)14-10-13-15(19-17(14)22)8-7-9-16(13)21/h10,12H,4-9,11H2,1-3H3,(H,19,22). The van der Waals surface area contributed by atoms with Crippen LogP contribution in [0.15, 0.2) is 10.9 Å². The van der Waals surface area contributed by atoms with Gasteiger partial charge in [0.15, 0.2) is 5.78 Å². The molecule has 2 rings (SSSR count). The van der Waals surface area contributed by atoms with E-state index in [2.05, 4.69) is 18.8 Å². The summed E-state index contributed by atoms with van der Waals surface area (Å²) in [6.07, 6.45) is 3.93. The average Bonchev–Trinajstić information content (AvgIpc) is 2.55. The van der Waals surface area contributed by atoms with Gasteiger partial charge in [0.1, 0.15) is 5.56 Å². The van der Waals surface area contributed by atoms with Gasteiger partial charge in [-0.1, -0.05) is 26.7 Å². The van der Waals surface area contributed by atoms with Gasteiger partial charge in [-0.25, -0.2) is 0 Å². The minimum Gasteiger partial charge on any atom is -0.338 e. The third-order valence-corrected chi connectivity index (χ3v) is 4.79. The maximum Gasteiger partial charge on any atom is 0.261 e. The normalized spacial score (nSPS) is 14.0. The smallest absolute Gasteiger partial charge is 0.261 e. The number of nitrogens with zero attached hydrogens (tertiary/aromatic N) is 1. The Morgan fingerprint density at radius 1 is 1.22 bits per heavy atom. The first-order valence-corrected chi connectivity index (χ1v) is 8.60. The van der Waals surface area contributed by atoms with Crippen molar-refractivity contribution in [1.82, 2.24) is 9.88 Å². The molecule has 1 aromatic heterocycles. The molecule has 0 spiro atoms. The number of nitrogens with one attached hydrogen (secondary N) is 1. The molecular weight excluding hydrogens is 292 g/mol. The van der Waals surface area contributed by atoms with Crippen LogP contribution in [0.3, 0.4) is 0 Å². The molecule has 0 aromatic carbocycles. The van der Waals surface area contributed by atoms with E-state index in [0.29, 0.717) is 43.1 Å². The lowest BCUT2D eigenvalue weighted by atomic mass is 9.93. The second-order valence-corrected chi connectivity index (χ2v) is 6.21. The third kappa shape index (κ3) is 3.71. The van der Waals surface area contributed by atoms with Crippen molar-refractivity contribution in [2.45, 2.75) is 52.9 Å². The number of Topliss-reactive ketones (excluding diaryl/α,β-unsaturated/α-hetero) is 1. The molecule has 0 unspecified atom stereocenters. The predicted octanol–water partition coefficient (Wildman–Crippen LogP) is 2.79. The second-order valence-electron chi connectivity index (χ2n) is 6.21. The Morgan fingerprint density at radius 3 is 2.52 bits per heavy atom. The van der Waals surface area contributed by atoms with Crippen LogP contribution in [-0.2, 0) is 6.42 Å². The second kappa shape index (κ2) is 7.57. The first-order chi connectivity index (χ1) is 11.0. The van der Waals surface area contributed by atoms with Crippen molar-refractivity contribution in [1.29, 1.82) is 0 Å². The summed E-state index contributed by atoms with van der Waals surface area (Å²) < 4.78 is 0. The van der Waals surface area contributed by atoms with E-state index >= 15 is 0 Å². The van der Waals surface area contributed by atoms with Gasteiger partial charge in [-0.3, -0.25) is 14.4 Å². The lowest BCUT2D eigenvalue weighted by Gasteiger charge is -2.25. The number of hydrogen-bond acceptors (Lipinski definition) is 3. The van der Waals surface area contributed by atoms with E-state index in [1.54, 1.807) is 4.90 Å². The zero-order valence-corrected chi connectivity index (χ0v) is 14.3. The van der Waals surface area contributed by atoms with Gasteiger partial charge in [-0.2, -0.15) is 0 Å². The monoisotopic (exact) mass is 318 g/mol. The van der Waals surface area contributed by atoms with Crippen molar-refractivity contribution in [2.75, 3.05) is 13.1 Å². The van der Waals surface area contributed by atoms with Crippen LogP contribution >= 0.6 is 0 Å². The lowest BCUT2D eigenvalue weighted by molar-refractivity contribution is 0.0733. The molecule has 23 heavy (non-hydrogen) atoms. The van der Waals surface area contributed by atoms with E-state index in [0.717, 1.165) is 19.3 Å². The van der Waals surface area contributed by atoms with Crippen molar-refractivity contribution >= 4 is 11.7 Å². The number of carbonyl (C=O) groups is 2. The van der Waals surface area contributed by atoms with E-state index in [1.807, 2.05) is 6.92 Å². The molecule has 126 valence electrons. The number of aromatic nitrogens is 1. The maximum absolute atomic E-state index is 12.8. The molecule has 0 saturated heterocycles. The average molecular weight is 318 g/mol. The van der Waals surface area contributed by atoms with Crippen LogP contribution in [0.1, 0.15) is 72.9 Å². The number of H-pyrrole nitrogens is 1. The van der Waals surface area contributed by atoms with Gasteiger partial charge >= 0.3 is 0 Å². The Hall–Kier alpha value is -1.91. The van der Waals surface area contributed by atoms with Crippen LogP contribution in [0, 0.1) is 5.92 Å². The molecule has 1 N–H and O–H groups in total. The molecular formula is C18H26N2O3. The fourth-order valence-electron chi connectivity index (χ4n) is 3.12. The van der Waals surface area contributed by atoms with Gasteiger partial charge in [0.05, 0.1) is 0 Å². The van der Waals surface area contributed by atoms with Crippen LogP contribution in [-0.4, -0.2) is 34.7 Å². The Bertz CT molecular complexity index is 644. The number of carbonyl (C=O) groups excluding carboxylic acids is 2. The maximum atomic E-state index is 12.8. The highest BCUT2D eigenvalue weighted by Gasteiger charge is 2.25. The molecule has 1 aliphatic rings. The fraction of sp³-hybridized carbons (Fsp3) is 0.611. The lowest BCUT2D eigenvalue weighted by Crippen LogP contribution is -2.38. The number of aromatic amines is 1. The van der Waals surface area contributed by atoms with Crippen molar-refractivity contribution in [3.05, 3.63) is 33.2 Å². The topological polar surface area (TPSA) is 70.2 Å². The van der Waals surface area contributed by atoms with Crippen molar-refractivity contribution in [2.24, 2.45) is 5.92 Å². The van der Waals surface area contributed by atoms with Gasteiger partial charge in [0.25, 0.3) is 11.5 Å². The zero-order chi connectivity index (χ0) is 17.0. The van der Waals surface area contributed by atoms with E-state index in [9.17, 15) is 14.4 Å². The van der Waals surface area contributed by atoms with Gasteiger partial charge in [0.2, 0.25) is 0 Å². The molecule has 1 heterocycles. The first-order valence-electron chi connectivity index (χ1n) is 8.60. The number of aryl methyl sites for hydroxylation is 1. The number of amides is 1. The quantitative estimate of drug-likeness (QED) is 0.877. The van der Waals surface area contributed by atoms with E-state index in [1.165, 1.54) is 6.07 Å². The summed E-state index contributed by atoms with van der Waals surface area (Å²) >= 11 is 0. The van der Waals surface area contributed by atoms with Gasteiger partial charge in [-0.15, -0.1) is 0 Å². The number of fused-ring (bicyclic) bond motifs is 1. The summed E-state index contributed by atoms with van der Waals surface area (Å²) in [4.78, 5) is 41.5. The minimum absolute atomic E-state index is 0.0135. The summed E-state index contributed by atoms with van der Waals surface area (Å²) in [5.74, 6) is 0.165. The van der Waals surface area contributed by atoms with Crippen molar-refractivity contribution < 1.29 is 9.59 Å². The van der Waals surface area contributed by atoms with Crippen molar-refractivity contribution in [3.63, 3.8) is 0 Å². The summed E-state index contributed by atoms with van der Waals surface area (Å²) in [6.45, 7) is 7.33. The Balaban J connectivity index is 2.32. The van der Waals surface area contributed by atoms with Crippen LogP contribution in [0.4, 0.5) is 0 Å². The van der Waals surface area contributed by atoms with E-state index in [4.69, 9.17) is 0 Å². The highest BCUT2D eigenvalue weighted by Crippen LogP contribution is 2.19. The summed E-state index contributed by atoms with van der Waals surface area (Å²) in [6, 6.07) is 1.51. The predicted molar refractivity (Wildman–Crippen MR) is 90.0 cm³/mol. The van der Waals surface area contributed by atoms with Crippen LogP contribution in [0.5, 0.6) is 0 Å². The molecule has 0 saturated carbocycles. The molecule has 0 aliphatic heterocycles. The molecule has 1 aromatic rings. The summed E-state index contributed by atoms with van der Waals surface area (Å²) in [5, 5.41) is 0. The number of hydrogen-bond donors (Lipinski definition) is 1. The summed E-state index contributed by atoms with van der Waals surface area (Å²) in [7, 11) is 0. The molecule has 5 nitrogen and oxygen atoms in total. The Labute approximate surface area is 137 Å². The molecule has 0 atom stereocenters. The number of rotatable bonds is 6. The van der Waals surface area contributed by atoms with E-state index < -0.39 is 0 Å². The largest absolute Gasteiger partial charge is 0.338 e. The van der Waals surface area contributed by atoms with Crippen molar-refractivity contribution in [3.8, 4) is 0 Å². The van der Waals surface area contributed by atoms with Crippen LogP contribution in [0.25, 0.3) is 0 Å². The third-order valence-electron chi connectivity index (χ3n) is 4.79. The molecule has 0 radical (unpaired) electrons. The van der Waals surface area contributed by atoms with Gasteiger partial charge < -0.3 is 9.88 Å². The highest BCUT2D eigenvalue weighted by molar-refractivity contribution is 6.01. The fourth-order valence-corrected chi connectivity index (χ4v) is 3.12. The zero-order valence-electron chi connectivity index (χ0n) is 14.3. The molecule has 0 bridgehead atoms. The number of pyridine rings is 1. The van der Waals surface area contributed by atoms with Gasteiger partial charge in [0, 0.05) is 30.8 Å². The van der Waals surface area contributed by atoms with Crippen LogP contribution < -0.4 is 5.56 Å². The highest BCUT2D eigenvalue weighted by atomic mass is 16.2. The molecule has 5 heteroatoms. The minimum atomic E-state index is -0.383. The number of ketones is 1. The Kier molecular flexibility index (Phi) is 5.74. The molecule has 1 amide bonds. The summed E-state index contributed by atoms with van der Waals surface area (Å²) in [5.41, 5.74) is 0.891. The van der Waals surface area contributed by atoms with Gasteiger partial charge in [-0.05, 0) is 31.7 Å². The van der Waals surface area contributed by atoms with Crippen LogP contribution in [0.2, 0.25) is 0 Å². The Morgan fingerprint density at radius 2 is 1.91 bits per heavy atom. The first kappa shape index (κ1) is 17.4. The molecule has 1 aliphatic carbocycles. The SMILES string of the molecule is CCC(CC)CN(CC)C(=O)c1cc2c([nH]c1=O)CCCC2=O.